The summed E-state index contributed by atoms with van der Waals surface area (Å²) in [4.78, 5) is 13.1. The van der Waals surface area contributed by atoms with Crippen molar-refractivity contribution in [3.05, 3.63) is 28.2 Å². The van der Waals surface area contributed by atoms with Gasteiger partial charge in [-0.05, 0) is 30.7 Å². The van der Waals surface area contributed by atoms with Crippen molar-refractivity contribution in [3.63, 3.8) is 0 Å². The summed E-state index contributed by atoms with van der Waals surface area (Å²) >= 11 is 3.03. The maximum absolute atomic E-state index is 11.8. The van der Waals surface area contributed by atoms with Crippen molar-refractivity contribution in [1.82, 2.24) is 20.2 Å². The molecule has 0 unspecified atom stereocenters. The van der Waals surface area contributed by atoms with Crippen LogP contribution in [0.4, 0.5) is 0 Å². The molecule has 0 saturated heterocycles. The number of hydrogen-bond acceptors (Lipinski definition) is 6. The molecule has 2 aromatic heterocycles. The molecule has 0 bridgehead atoms. The fraction of sp³-hybridized carbons (Fsp3) is 0.462. The van der Waals surface area contributed by atoms with Gasteiger partial charge in [-0.2, -0.15) is 0 Å². The molecule has 1 amide bonds. The first kappa shape index (κ1) is 14.4. The van der Waals surface area contributed by atoms with E-state index in [1.165, 1.54) is 21.3 Å². The summed E-state index contributed by atoms with van der Waals surface area (Å²) in [6, 6.07) is 4.09. The largest absolute Gasteiger partial charge is 0.355 e. The normalized spacial score (nSPS) is 14.3. The van der Waals surface area contributed by atoms with Gasteiger partial charge >= 0.3 is 0 Å². The summed E-state index contributed by atoms with van der Waals surface area (Å²) in [5.41, 5.74) is 0. The maximum atomic E-state index is 11.8. The first-order chi connectivity index (χ1) is 10.2. The van der Waals surface area contributed by atoms with E-state index >= 15 is 0 Å². The van der Waals surface area contributed by atoms with E-state index in [9.17, 15) is 4.79 Å². The minimum Gasteiger partial charge on any atom is -0.355 e. The van der Waals surface area contributed by atoms with Crippen LogP contribution in [0.25, 0.3) is 0 Å². The molecule has 112 valence electrons. The molecule has 1 aliphatic carbocycles. The maximum Gasteiger partial charge on any atom is 0.230 e. The number of carbonyl (C=O) groups excluding carboxylic acids is 1. The van der Waals surface area contributed by atoms with E-state index in [-0.39, 0.29) is 5.91 Å². The highest BCUT2D eigenvalue weighted by Gasteiger charge is 2.29. The molecular formula is C13H17N5OS2. The van der Waals surface area contributed by atoms with E-state index in [4.69, 9.17) is 5.84 Å². The summed E-state index contributed by atoms with van der Waals surface area (Å²) in [5, 5.41) is 13.7. The fourth-order valence-corrected chi connectivity index (χ4v) is 3.37. The first-order valence-corrected chi connectivity index (χ1v) is 8.73. The van der Waals surface area contributed by atoms with Gasteiger partial charge in [-0.25, -0.2) is 4.68 Å². The number of nitrogen functional groups attached to an aromatic ring is 1. The number of nitrogens with zero attached hydrogens (tertiary/aromatic N) is 3. The Hall–Kier alpha value is -1.54. The summed E-state index contributed by atoms with van der Waals surface area (Å²) in [7, 11) is 0. The summed E-state index contributed by atoms with van der Waals surface area (Å²) in [6.07, 6.45) is 3.12. The lowest BCUT2D eigenvalue weighted by Gasteiger charge is -2.04. The van der Waals surface area contributed by atoms with Crippen LogP contribution < -0.4 is 11.2 Å². The van der Waals surface area contributed by atoms with Crippen molar-refractivity contribution in [2.24, 2.45) is 0 Å². The standard InChI is InChI=1S/C13H17N5OS2/c14-18-12(9-3-4-9)16-17-13(18)21-8-11(19)15-6-5-10-2-1-7-20-10/h1-2,7,9H,3-6,8,14H2,(H,15,19). The average molecular weight is 323 g/mol. The zero-order valence-corrected chi connectivity index (χ0v) is 13.1. The molecule has 1 aliphatic rings. The van der Waals surface area contributed by atoms with Gasteiger partial charge in [-0.15, -0.1) is 21.5 Å². The SMILES string of the molecule is Nn1c(SCC(=O)NCCc2cccs2)nnc1C1CC1. The van der Waals surface area contributed by atoms with E-state index in [1.54, 1.807) is 11.3 Å². The third kappa shape index (κ3) is 3.76. The number of thiophene rings is 1. The Kier molecular flexibility index (Phi) is 4.45. The fourth-order valence-electron chi connectivity index (χ4n) is 1.97. The van der Waals surface area contributed by atoms with Crippen LogP contribution in [0, 0.1) is 0 Å². The minimum absolute atomic E-state index is 0.00692. The predicted octanol–water partition coefficient (Wildman–Crippen LogP) is 1.38. The smallest absolute Gasteiger partial charge is 0.230 e. The van der Waals surface area contributed by atoms with Gasteiger partial charge in [-0.3, -0.25) is 4.79 Å². The quantitative estimate of drug-likeness (QED) is 0.594. The monoisotopic (exact) mass is 323 g/mol. The Balaban J connectivity index is 1.41. The lowest BCUT2D eigenvalue weighted by atomic mass is 10.3. The Labute approximate surface area is 131 Å². The van der Waals surface area contributed by atoms with Crippen LogP contribution in [0.15, 0.2) is 22.7 Å². The molecule has 0 spiro atoms. The second-order valence-electron chi connectivity index (χ2n) is 4.95. The van der Waals surface area contributed by atoms with Crippen molar-refractivity contribution in [2.75, 3.05) is 18.1 Å². The Morgan fingerprint density at radius 1 is 1.52 bits per heavy atom. The number of amides is 1. The second kappa shape index (κ2) is 6.48. The Morgan fingerprint density at radius 2 is 2.38 bits per heavy atom. The minimum atomic E-state index is -0.00692. The lowest BCUT2D eigenvalue weighted by Crippen LogP contribution is -2.27. The zero-order chi connectivity index (χ0) is 14.7. The molecule has 1 saturated carbocycles. The highest BCUT2D eigenvalue weighted by atomic mass is 32.2. The number of nitrogens with one attached hydrogen (secondary N) is 1. The molecule has 3 N–H and O–H groups in total. The average Bonchev–Trinajstić information content (AvgIpc) is 3.05. The van der Waals surface area contributed by atoms with Crippen molar-refractivity contribution in [1.29, 1.82) is 0 Å². The molecular weight excluding hydrogens is 306 g/mol. The predicted molar refractivity (Wildman–Crippen MR) is 83.9 cm³/mol. The molecule has 8 heteroatoms. The molecule has 0 aliphatic heterocycles. The van der Waals surface area contributed by atoms with E-state index in [1.807, 2.05) is 11.4 Å². The van der Waals surface area contributed by atoms with Gasteiger partial charge in [0.15, 0.2) is 5.82 Å². The number of nitrogens with two attached hydrogens (primary N) is 1. The van der Waals surface area contributed by atoms with Crippen molar-refractivity contribution < 1.29 is 4.79 Å². The Bertz CT molecular complexity index is 606. The van der Waals surface area contributed by atoms with Gasteiger partial charge in [0.1, 0.15) is 0 Å². The van der Waals surface area contributed by atoms with Gasteiger partial charge in [0, 0.05) is 17.3 Å². The van der Waals surface area contributed by atoms with Crippen molar-refractivity contribution in [2.45, 2.75) is 30.3 Å². The van der Waals surface area contributed by atoms with Crippen LogP contribution in [-0.2, 0) is 11.2 Å². The molecule has 21 heavy (non-hydrogen) atoms. The topological polar surface area (TPSA) is 85.8 Å². The van der Waals surface area contributed by atoms with Gasteiger partial charge in [0.2, 0.25) is 11.1 Å². The van der Waals surface area contributed by atoms with Crippen molar-refractivity contribution >= 4 is 29.0 Å². The van der Waals surface area contributed by atoms with Crippen molar-refractivity contribution in [3.8, 4) is 0 Å². The molecule has 6 nitrogen and oxygen atoms in total. The van der Waals surface area contributed by atoms with Crippen LogP contribution in [0.1, 0.15) is 29.5 Å². The number of rotatable bonds is 7. The van der Waals surface area contributed by atoms with Gasteiger partial charge in [-0.1, -0.05) is 17.8 Å². The number of hydrogen-bond donors (Lipinski definition) is 2. The van der Waals surface area contributed by atoms with Gasteiger partial charge < -0.3 is 11.2 Å². The number of thioether (sulfide) groups is 1. The molecule has 0 radical (unpaired) electrons. The second-order valence-corrected chi connectivity index (χ2v) is 6.93. The van der Waals surface area contributed by atoms with E-state index in [0.29, 0.717) is 23.4 Å². The van der Waals surface area contributed by atoms with E-state index in [0.717, 1.165) is 25.1 Å². The van der Waals surface area contributed by atoms with Crippen LogP contribution in [0.3, 0.4) is 0 Å². The van der Waals surface area contributed by atoms with Crippen LogP contribution in [0.5, 0.6) is 0 Å². The van der Waals surface area contributed by atoms with Crippen LogP contribution in [-0.4, -0.2) is 33.1 Å². The van der Waals surface area contributed by atoms with Gasteiger partial charge in [0.25, 0.3) is 0 Å². The van der Waals surface area contributed by atoms with Gasteiger partial charge in [0.05, 0.1) is 5.75 Å². The summed E-state index contributed by atoms with van der Waals surface area (Å²) in [5.74, 6) is 7.52. The third-order valence-electron chi connectivity index (χ3n) is 3.24. The molecule has 0 atom stereocenters. The summed E-state index contributed by atoms with van der Waals surface area (Å²) in [6.45, 7) is 0.655. The van der Waals surface area contributed by atoms with E-state index in [2.05, 4.69) is 21.6 Å². The number of aromatic nitrogens is 3. The molecule has 1 fully saturated rings. The van der Waals surface area contributed by atoms with Crippen LogP contribution >= 0.6 is 23.1 Å². The zero-order valence-electron chi connectivity index (χ0n) is 11.5. The first-order valence-electron chi connectivity index (χ1n) is 6.86. The highest BCUT2D eigenvalue weighted by Crippen LogP contribution is 2.39. The van der Waals surface area contributed by atoms with E-state index < -0.39 is 0 Å². The highest BCUT2D eigenvalue weighted by molar-refractivity contribution is 7.99. The van der Waals surface area contributed by atoms with Crippen LogP contribution in [0.2, 0.25) is 0 Å². The number of carbonyl (C=O) groups is 1. The molecule has 2 heterocycles. The third-order valence-corrected chi connectivity index (χ3v) is 5.12. The lowest BCUT2D eigenvalue weighted by molar-refractivity contribution is -0.118. The summed E-state index contributed by atoms with van der Waals surface area (Å²) < 4.78 is 1.52. The molecule has 0 aromatic carbocycles. The molecule has 3 rings (SSSR count). The molecule has 2 aromatic rings. The Morgan fingerprint density at radius 3 is 3.10 bits per heavy atom.